The van der Waals surface area contributed by atoms with E-state index in [1.54, 1.807) is 12.1 Å². The number of halogens is 1. The van der Waals surface area contributed by atoms with E-state index in [1.807, 2.05) is 0 Å². The highest BCUT2D eigenvalue weighted by atomic mass is 19.1. The maximum atomic E-state index is 14.0. The van der Waals surface area contributed by atoms with Crippen molar-refractivity contribution in [3.63, 3.8) is 0 Å². The first-order valence-electron chi connectivity index (χ1n) is 6.56. The molecule has 1 aliphatic heterocycles. The van der Waals surface area contributed by atoms with E-state index in [9.17, 15) is 9.50 Å². The number of aliphatic hydroxyl groups excluding tert-OH is 1. The fourth-order valence-corrected chi connectivity index (χ4v) is 2.71. The van der Waals surface area contributed by atoms with E-state index in [0.717, 1.165) is 19.5 Å². The highest BCUT2D eigenvalue weighted by Gasteiger charge is 2.33. The molecule has 0 amide bonds. The summed E-state index contributed by atoms with van der Waals surface area (Å²) in [5.41, 5.74) is 1.52. The van der Waals surface area contributed by atoms with Crippen LogP contribution in [0.15, 0.2) is 18.2 Å². The number of aliphatic hydroxyl groups is 1. The van der Waals surface area contributed by atoms with Crippen molar-refractivity contribution in [1.82, 2.24) is 0 Å². The molecule has 1 fully saturated rings. The van der Waals surface area contributed by atoms with E-state index < -0.39 is 0 Å². The number of rotatable bonds is 2. The molecule has 1 aromatic rings. The van der Waals surface area contributed by atoms with E-state index in [-0.39, 0.29) is 17.8 Å². The molecule has 100 valence electrons. The smallest absolute Gasteiger partial charge is 0.146 e. The minimum absolute atomic E-state index is 0.107. The molecular formula is C15H22FNO. The minimum atomic E-state index is -0.226. The molecule has 3 heteroatoms. The van der Waals surface area contributed by atoms with Crippen LogP contribution in [0.3, 0.4) is 0 Å². The molecule has 1 heterocycles. The molecule has 2 nitrogen and oxygen atoms in total. The van der Waals surface area contributed by atoms with Crippen LogP contribution >= 0.6 is 0 Å². The van der Waals surface area contributed by atoms with Gasteiger partial charge in [0.2, 0.25) is 0 Å². The molecule has 0 radical (unpaired) electrons. The van der Waals surface area contributed by atoms with Gasteiger partial charge in [-0.25, -0.2) is 4.39 Å². The van der Waals surface area contributed by atoms with Gasteiger partial charge in [0.25, 0.3) is 0 Å². The normalized spacial score (nSPS) is 20.5. The molecule has 1 atom stereocenters. The SMILES string of the molecule is CC(C)(C)C1CCN(c2c(F)cccc2CO)C1. The van der Waals surface area contributed by atoms with Crippen LogP contribution in [0.2, 0.25) is 0 Å². The summed E-state index contributed by atoms with van der Waals surface area (Å²) in [5.74, 6) is 0.347. The van der Waals surface area contributed by atoms with E-state index in [4.69, 9.17) is 0 Å². The minimum Gasteiger partial charge on any atom is -0.392 e. The lowest BCUT2D eigenvalue weighted by Gasteiger charge is -2.28. The predicted octanol–water partition coefficient (Wildman–Crippen LogP) is 3.19. The van der Waals surface area contributed by atoms with E-state index in [0.29, 0.717) is 17.2 Å². The van der Waals surface area contributed by atoms with Gasteiger partial charge in [-0.1, -0.05) is 32.9 Å². The lowest BCUT2D eigenvalue weighted by atomic mass is 9.80. The predicted molar refractivity (Wildman–Crippen MR) is 72.1 cm³/mol. The number of hydrogen-bond donors (Lipinski definition) is 1. The number of hydrogen-bond acceptors (Lipinski definition) is 2. The van der Waals surface area contributed by atoms with Crippen molar-refractivity contribution in [2.75, 3.05) is 18.0 Å². The molecule has 18 heavy (non-hydrogen) atoms. The third-order valence-electron chi connectivity index (χ3n) is 3.97. The van der Waals surface area contributed by atoms with Gasteiger partial charge in [-0.2, -0.15) is 0 Å². The Morgan fingerprint density at radius 2 is 2.11 bits per heavy atom. The quantitative estimate of drug-likeness (QED) is 0.872. The number of para-hydroxylation sites is 1. The molecule has 0 aliphatic carbocycles. The molecule has 0 spiro atoms. The fourth-order valence-electron chi connectivity index (χ4n) is 2.71. The van der Waals surface area contributed by atoms with Crippen LogP contribution < -0.4 is 4.90 Å². The zero-order valence-electron chi connectivity index (χ0n) is 11.4. The van der Waals surface area contributed by atoms with Gasteiger partial charge in [0, 0.05) is 18.7 Å². The first-order chi connectivity index (χ1) is 8.43. The maximum absolute atomic E-state index is 14.0. The van der Waals surface area contributed by atoms with E-state index >= 15 is 0 Å². The number of anilines is 1. The molecule has 1 unspecified atom stereocenters. The average Bonchev–Trinajstić information content (AvgIpc) is 2.77. The van der Waals surface area contributed by atoms with Gasteiger partial charge in [0.1, 0.15) is 5.82 Å². The highest BCUT2D eigenvalue weighted by molar-refractivity contribution is 5.55. The monoisotopic (exact) mass is 251 g/mol. The van der Waals surface area contributed by atoms with E-state index in [1.165, 1.54) is 6.07 Å². The zero-order valence-corrected chi connectivity index (χ0v) is 11.4. The Morgan fingerprint density at radius 3 is 2.67 bits per heavy atom. The van der Waals surface area contributed by atoms with Crippen LogP contribution in [0.5, 0.6) is 0 Å². The second-order valence-corrected chi connectivity index (χ2v) is 6.20. The second kappa shape index (κ2) is 4.88. The summed E-state index contributed by atoms with van der Waals surface area (Å²) in [6.07, 6.45) is 1.09. The number of nitrogens with zero attached hydrogens (tertiary/aromatic N) is 1. The van der Waals surface area contributed by atoms with Crippen LogP contribution in [0.1, 0.15) is 32.8 Å². The summed E-state index contributed by atoms with van der Waals surface area (Å²) in [5, 5.41) is 9.34. The largest absolute Gasteiger partial charge is 0.392 e. The van der Waals surface area contributed by atoms with Crippen molar-refractivity contribution in [3.05, 3.63) is 29.6 Å². The van der Waals surface area contributed by atoms with Crippen LogP contribution in [-0.2, 0) is 6.61 Å². The lowest BCUT2D eigenvalue weighted by molar-refractivity contribution is 0.263. The molecule has 0 bridgehead atoms. The van der Waals surface area contributed by atoms with Crippen molar-refractivity contribution in [2.45, 2.75) is 33.8 Å². The Morgan fingerprint density at radius 1 is 1.39 bits per heavy atom. The Bertz CT molecular complexity index is 425. The first kappa shape index (κ1) is 13.3. The van der Waals surface area contributed by atoms with Crippen molar-refractivity contribution in [1.29, 1.82) is 0 Å². The summed E-state index contributed by atoms with van der Waals surface area (Å²) in [4.78, 5) is 2.08. The van der Waals surface area contributed by atoms with E-state index in [2.05, 4.69) is 25.7 Å². The van der Waals surface area contributed by atoms with Gasteiger partial charge in [-0.15, -0.1) is 0 Å². The van der Waals surface area contributed by atoms with Gasteiger partial charge in [-0.05, 0) is 23.8 Å². The van der Waals surface area contributed by atoms with Crippen LogP contribution in [0, 0.1) is 17.2 Å². The average molecular weight is 251 g/mol. The fraction of sp³-hybridized carbons (Fsp3) is 0.600. The molecular weight excluding hydrogens is 229 g/mol. The molecule has 1 saturated heterocycles. The maximum Gasteiger partial charge on any atom is 0.146 e. The lowest BCUT2D eigenvalue weighted by Crippen LogP contribution is -2.27. The van der Waals surface area contributed by atoms with Crippen molar-refractivity contribution in [2.24, 2.45) is 11.3 Å². The summed E-state index contributed by atoms with van der Waals surface area (Å²) in [6.45, 7) is 8.33. The summed E-state index contributed by atoms with van der Waals surface area (Å²) in [7, 11) is 0. The Balaban J connectivity index is 2.24. The van der Waals surface area contributed by atoms with Crippen molar-refractivity contribution >= 4 is 5.69 Å². The second-order valence-electron chi connectivity index (χ2n) is 6.20. The van der Waals surface area contributed by atoms with Crippen LogP contribution in [-0.4, -0.2) is 18.2 Å². The Labute approximate surface area is 108 Å². The molecule has 2 rings (SSSR count). The van der Waals surface area contributed by atoms with Crippen LogP contribution in [0.4, 0.5) is 10.1 Å². The topological polar surface area (TPSA) is 23.5 Å². The third-order valence-corrected chi connectivity index (χ3v) is 3.97. The highest BCUT2D eigenvalue weighted by Crippen LogP contribution is 2.37. The molecule has 1 aliphatic rings. The van der Waals surface area contributed by atoms with Crippen LogP contribution in [0.25, 0.3) is 0 Å². The van der Waals surface area contributed by atoms with Gasteiger partial charge >= 0.3 is 0 Å². The molecule has 1 aromatic carbocycles. The third kappa shape index (κ3) is 2.51. The van der Waals surface area contributed by atoms with Gasteiger partial charge in [0.15, 0.2) is 0 Å². The van der Waals surface area contributed by atoms with Crippen molar-refractivity contribution < 1.29 is 9.50 Å². The Hall–Kier alpha value is -1.09. The first-order valence-corrected chi connectivity index (χ1v) is 6.56. The molecule has 1 N–H and O–H groups in total. The number of benzene rings is 1. The summed E-state index contributed by atoms with van der Waals surface area (Å²) < 4.78 is 14.0. The summed E-state index contributed by atoms with van der Waals surface area (Å²) in [6, 6.07) is 4.92. The van der Waals surface area contributed by atoms with Gasteiger partial charge in [-0.3, -0.25) is 0 Å². The van der Waals surface area contributed by atoms with Gasteiger partial charge in [0.05, 0.1) is 12.3 Å². The summed E-state index contributed by atoms with van der Waals surface area (Å²) >= 11 is 0. The zero-order chi connectivity index (χ0) is 13.3. The standard InChI is InChI=1S/C15H22FNO/c1-15(2,3)12-7-8-17(9-12)14-11(10-18)5-4-6-13(14)16/h4-6,12,18H,7-10H2,1-3H3. The molecule has 0 saturated carbocycles. The molecule has 0 aromatic heterocycles. The van der Waals surface area contributed by atoms with Crippen molar-refractivity contribution in [3.8, 4) is 0 Å². The van der Waals surface area contributed by atoms with Gasteiger partial charge < -0.3 is 10.0 Å². The Kier molecular flexibility index (Phi) is 3.62.